The first-order valence-corrected chi connectivity index (χ1v) is 6.47. The summed E-state index contributed by atoms with van der Waals surface area (Å²) in [7, 11) is 2.17. The standard InChI is InChI=1S/C15H23NO/c1-11-4-5-13(6-12(11)2)9-16(3)10-14-7-15(17)8-14/h4-6,14-15,17H,7-10H2,1-3H3. The van der Waals surface area contributed by atoms with Crippen LogP contribution in [0.5, 0.6) is 0 Å². The average molecular weight is 233 g/mol. The first kappa shape index (κ1) is 12.6. The summed E-state index contributed by atoms with van der Waals surface area (Å²) >= 11 is 0. The largest absolute Gasteiger partial charge is 0.393 e. The van der Waals surface area contributed by atoms with E-state index < -0.39 is 0 Å². The summed E-state index contributed by atoms with van der Waals surface area (Å²) in [4.78, 5) is 2.36. The Hall–Kier alpha value is -0.860. The van der Waals surface area contributed by atoms with E-state index in [1.165, 1.54) is 16.7 Å². The van der Waals surface area contributed by atoms with E-state index in [1.54, 1.807) is 0 Å². The number of nitrogens with zero attached hydrogens (tertiary/aromatic N) is 1. The third-order valence-corrected chi connectivity index (χ3v) is 3.80. The van der Waals surface area contributed by atoms with Gasteiger partial charge in [0.1, 0.15) is 0 Å². The van der Waals surface area contributed by atoms with Gasteiger partial charge in [0, 0.05) is 13.1 Å². The van der Waals surface area contributed by atoms with E-state index >= 15 is 0 Å². The Morgan fingerprint density at radius 2 is 1.94 bits per heavy atom. The summed E-state index contributed by atoms with van der Waals surface area (Å²) in [5.74, 6) is 0.696. The maximum absolute atomic E-state index is 9.27. The molecule has 1 aromatic carbocycles. The molecule has 1 saturated carbocycles. The molecule has 17 heavy (non-hydrogen) atoms. The van der Waals surface area contributed by atoms with Crippen LogP contribution >= 0.6 is 0 Å². The van der Waals surface area contributed by atoms with Crippen LogP contribution in [-0.2, 0) is 6.54 Å². The van der Waals surface area contributed by atoms with E-state index in [4.69, 9.17) is 0 Å². The van der Waals surface area contributed by atoms with Gasteiger partial charge in [-0.3, -0.25) is 0 Å². The SMILES string of the molecule is Cc1ccc(CN(C)CC2CC(O)C2)cc1C. The summed E-state index contributed by atoms with van der Waals surface area (Å²) in [6, 6.07) is 6.70. The lowest BCUT2D eigenvalue weighted by atomic mass is 9.82. The van der Waals surface area contributed by atoms with Crippen LogP contribution < -0.4 is 0 Å². The fraction of sp³-hybridized carbons (Fsp3) is 0.600. The second kappa shape index (κ2) is 5.19. The molecule has 0 spiro atoms. The van der Waals surface area contributed by atoms with Crippen LogP contribution in [0.1, 0.15) is 29.5 Å². The van der Waals surface area contributed by atoms with E-state index in [2.05, 4.69) is 44.0 Å². The van der Waals surface area contributed by atoms with E-state index in [1.807, 2.05) is 0 Å². The number of aliphatic hydroxyl groups excluding tert-OH is 1. The lowest BCUT2D eigenvalue weighted by molar-refractivity contribution is 0.0274. The van der Waals surface area contributed by atoms with Gasteiger partial charge in [-0.1, -0.05) is 18.2 Å². The zero-order chi connectivity index (χ0) is 12.4. The molecule has 0 bridgehead atoms. The lowest BCUT2D eigenvalue weighted by Crippen LogP contribution is -2.36. The van der Waals surface area contributed by atoms with Gasteiger partial charge in [-0.05, 0) is 56.3 Å². The summed E-state index contributed by atoms with van der Waals surface area (Å²) in [5, 5.41) is 9.27. The van der Waals surface area contributed by atoms with Crippen molar-refractivity contribution in [1.29, 1.82) is 0 Å². The molecular formula is C15H23NO. The van der Waals surface area contributed by atoms with Crippen molar-refractivity contribution in [2.75, 3.05) is 13.6 Å². The number of rotatable bonds is 4. The van der Waals surface area contributed by atoms with Crippen molar-refractivity contribution in [3.8, 4) is 0 Å². The van der Waals surface area contributed by atoms with Crippen molar-refractivity contribution in [1.82, 2.24) is 4.90 Å². The zero-order valence-corrected chi connectivity index (χ0v) is 11.1. The molecule has 0 saturated heterocycles. The Morgan fingerprint density at radius 3 is 2.53 bits per heavy atom. The maximum atomic E-state index is 9.27. The fourth-order valence-electron chi connectivity index (χ4n) is 2.57. The van der Waals surface area contributed by atoms with Crippen LogP contribution in [0.4, 0.5) is 0 Å². The molecule has 0 aliphatic heterocycles. The molecule has 94 valence electrons. The maximum Gasteiger partial charge on any atom is 0.0546 e. The highest BCUT2D eigenvalue weighted by Crippen LogP contribution is 2.27. The Labute approximate surface area is 104 Å². The normalized spacial score (nSPS) is 23.8. The average Bonchev–Trinajstić information content (AvgIpc) is 2.21. The van der Waals surface area contributed by atoms with Gasteiger partial charge in [-0.2, -0.15) is 0 Å². The van der Waals surface area contributed by atoms with Gasteiger partial charge < -0.3 is 10.0 Å². The van der Waals surface area contributed by atoms with Gasteiger partial charge in [-0.25, -0.2) is 0 Å². The summed E-state index contributed by atoms with van der Waals surface area (Å²) in [6.45, 7) is 6.43. The van der Waals surface area contributed by atoms with Crippen molar-refractivity contribution >= 4 is 0 Å². The lowest BCUT2D eigenvalue weighted by Gasteiger charge is -2.34. The van der Waals surface area contributed by atoms with Crippen LogP contribution in [-0.4, -0.2) is 29.7 Å². The van der Waals surface area contributed by atoms with E-state index in [0.717, 1.165) is 25.9 Å². The highest BCUT2D eigenvalue weighted by molar-refractivity contribution is 5.29. The van der Waals surface area contributed by atoms with Crippen LogP contribution in [0.2, 0.25) is 0 Å². The Morgan fingerprint density at radius 1 is 1.24 bits per heavy atom. The molecule has 2 rings (SSSR count). The molecular weight excluding hydrogens is 210 g/mol. The highest BCUT2D eigenvalue weighted by Gasteiger charge is 2.27. The highest BCUT2D eigenvalue weighted by atomic mass is 16.3. The van der Waals surface area contributed by atoms with Gasteiger partial charge in [0.15, 0.2) is 0 Å². The van der Waals surface area contributed by atoms with Crippen molar-refractivity contribution in [3.63, 3.8) is 0 Å². The second-order valence-corrected chi connectivity index (χ2v) is 5.61. The first-order valence-electron chi connectivity index (χ1n) is 6.47. The third-order valence-electron chi connectivity index (χ3n) is 3.80. The van der Waals surface area contributed by atoms with Gasteiger partial charge in [0.05, 0.1) is 6.10 Å². The molecule has 0 amide bonds. The zero-order valence-electron chi connectivity index (χ0n) is 11.1. The predicted octanol–water partition coefficient (Wildman–Crippen LogP) is 2.51. The molecule has 0 unspecified atom stereocenters. The van der Waals surface area contributed by atoms with Gasteiger partial charge in [0.2, 0.25) is 0 Å². The molecule has 2 nitrogen and oxygen atoms in total. The quantitative estimate of drug-likeness (QED) is 0.863. The number of aryl methyl sites for hydroxylation is 2. The van der Waals surface area contributed by atoms with Crippen molar-refractivity contribution < 1.29 is 5.11 Å². The fourth-order valence-corrected chi connectivity index (χ4v) is 2.57. The van der Waals surface area contributed by atoms with E-state index in [0.29, 0.717) is 5.92 Å². The second-order valence-electron chi connectivity index (χ2n) is 5.61. The molecule has 0 atom stereocenters. The van der Waals surface area contributed by atoms with Crippen LogP contribution in [0.3, 0.4) is 0 Å². The first-order chi connectivity index (χ1) is 8.04. The smallest absolute Gasteiger partial charge is 0.0546 e. The molecule has 0 aromatic heterocycles. The molecule has 2 heteroatoms. The molecule has 0 radical (unpaired) electrons. The Balaban J connectivity index is 1.85. The monoisotopic (exact) mass is 233 g/mol. The molecule has 1 aromatic rings. The van der Waals surface area contributed by atoms with Gasteiger partial charge in [-0.15, -0.1) is 0 Å². The summed E-state index contributed by atoms with van der Waals surface area (Å²) in [6.07, 6.45) is 1.93. The van der Waals surface area contributed by atoms with E-state index in [9.17, 15) is 5.11 Å². The number of aliphatic hydroxyl groups is 1. The molecule has 1 aliphatic carbocycles. The molecule has 1 fully saturated rings. The summed E-state index contributed by atoms with van der Waals surface area (Å²) < 4.78 is 0. The number of hydrogen-bond donors (Lipinski definition) is 1. The molecule has 1 aliphatic rings. The van der Waals surface area contributed by atoms with Gasteiger partial charge >= 0.3 is 0 Å². The predicted molar refractivity (Wildman–Crippen MR) is 71.0 cm³/mol. The summed E-state index contributed by atoms with van der Waals surface area (Å²) in [5.41, 5.74) is 4.11. The van der Waals surface area contributed by atoms with Crippen molar-refractivity contribution in [3.05, 3.63) is 34.9 Å². The third kappa shape index (κ3) is 3.30. The minimum atomic E-state index is -0.0324. The van der Waals surface area contributed by atoms with Gasteiger partial charge in [0.25, 0.3) is 0 Å². The minimum absolute atomic E-state index is 0.0324. The van der Waals surface area contributed by atoms with Crippen molar-refractivity contribution in [2.45, 2.75) is 39.3 Å². The van der Waals surface area contributed by atoms with E-state index in [-0.39, 0.29) is 6.10 Å². The van der Waals surface area contributed by atoms with Crippen LogP contribution in [0.15, 0.2) is 18.2 Å². The number of hydrogen-bond acceptors (Lipinski definition) is 2. The van der Waals surface area contributed by atoms with Crippen LogP contribution in [0, 0.1) is 19.8 Å². The molecule has 0 heterocycles. The minimum Gasteiger partial charge on any atom is -0.393 e. The van der Waals surface area contributed by atoms with Crippen LogP contribution in [0.25, 0.3) is 0 Å². The molecule has 1 N–H and O–H groups in total. The Bertz CT molecular complexity index is 383. The van der Waals surface area contributed by atoms with Crippen molar-refractivity contribution in [2.24, 2.45) is 5.92 Å². The topological polar surface area (TPSA) is 23.5 Å². The Kier molecular flexibility index (Phi) is 3.85. The number of benzene rings is 1.